The first-order chi connectivity index (χ1) is 15.5. The average molecular weight is 438 g/mol. The van der Waals surface area contributed by atoms with Gasteiger partial charge in [0.1, 0.15) is 0 Å². The Morgan fingerprint density at radius 2 is 0.812 bits per heavy atom. The van der Waals surface area contributed by atoms with Crippen LogP contribution in [0.15, 0.2) is 24.3 Å². The molecule has 0 atom stereocenters. The molecule has 0 aromatic heterocycles. The fraction of sp³-hybridized carbons (Fsp3) is 0.417. The van der Waals surface area contributed by atoms with E-state index in [2.05, 4.69) is 0 Å². The minimum Gasteiger partial charge on any atom is -0.396 e. The van der Waals surface area contributed by atoms with Gasteiger partial charge in [0.2, 0.25) is 0 Å². The molecule has 32 heavy (non-hydrogen) atoms. The minimum absolute atomic E-state index is 0.0656. The number of carbonyl (C=O) groups excluding carboxylic acids is 4. The van der Waals surface area contributed by atoms with Crippen LogP contribution >= 0.6 is 0 Å². The zero-order chi connectivity index (χ0) is 22.8. The summed E-state index contributed by atoms with van der Waals surface area (Å²) in [6.45, 7) is 0.634. The lowest BCUT2D eigenvalue weighted by Gasteiger charge is -2.32. The van der Waals surface area contributed by atoms with Crippen LogP contribution in [0.2, 0.25) is 0 Å². The molecule has 0 bridgehead atoms. The van der Waals surface area contributed by atoms with Gasteiger partial charge in [0.25, 0.3) is 23.6 Å². The van der Waals surface area contributed by atoms with Crippen LogP contribution < -0.4 is 0 Å². The molecule has 0 saturated carbocycles. The second-order valence-electron chi connectivity index (χ2n) is 8.16. The van der Waals surface area contributed by atoms with Crippen molar-refractivity contribution in [2.24, 2.45) is 0 Å². The molecule has 2 heterocycles. The summed E-state index contributed by atoms with van der Waals surface area (Å²) < 4.78 is 0. The highest BCUT2D eigenvalue weighted by Crippen LogP contribution is 2.38. The maximum atomic E-state index is 13.1. The summed E-state index contributed by atoms with van der Waals surface area (Å²) >= 11 is 0. The van der Waals surface area contributed by atoms with Crippen molar-refractivity contribution >= 4 is 34.4 Å². The smallest absolute Gasteiger partial charge is 0.261 e. The molecular formula is C24H26N2O6. The monoisotopic (exact) mass is 438 g/mol. The van der Waals surface area contributed by atoms with Crippen LogP contribution in [0.4, 0.5) is 0 Å². The second-order valence-corrected chi connectivity index (χ2v) is 8.16. The number of imide groups is 2. The van der Waals surface area contributed by atoms with Gasteiger partial charge in [0.05, 0.1) is 0 Å². The highest BCUT2D eigenvalue weighted by atomic mass is 16.3. The van der Waals surface area contributed by atoms with Crippen molar-refractivity contribution in [3.8, 4) is 0 Å². The molecule has 2 aromatic rings. The Morgan fingerprint density at radius 3 is 1.09 bits per heavy atom. The Kier molecular flexibility index (Phi) is 6.34. The number of aliphatic hydroxyl groups is 2. The summed E-state index contributed by atoms with van der Waals surface area (Å²) in [5.41, 5.74) is 1.28. The number of aliphatic hydroxyl groups excluding tert-OH is 2. The van der Waals surface area contributed by atoms with Gasteiger partial charge in [-0.3, -0.25) is 29.0 Å². The number of unbranched alkanes of at least 4 members (excludes halogenated alkanes) is 4. The van der Waals surface area contributed by atoms with E-state index in [-0.39, 0.29) is 26.3 Å². The van der Waals surface area contributed by atoms with Crippen LogP contribution in [-0.4, -0.2) is 69.9 Å². The van der Waals surface area contributed by atoms with E-state index in [9.17, 15) is 19.2 Å². The van der Waals surface area contributed by atoms with Gasteiger partial charge in [-0.25, -0.2) is 0 Å². The first kappa shape index (κ1) is 22.1. The first-order valence-electron chi connectivity index (χ1n) is 11.0. The van der Waals surface area contributed by atoms with Crippen LogP contribution in [0.25, 0.3) is 10.8 Å². The number of nitrogens with zero attached hydrogens (tertiary/aromatic N) is 2. The van der Waals surface area contributed by atoms with Crippen molar-refractivity contribution in [1.82, 2.24) is 9.80 Å². The van der Waals surface area contributed by atoms with Gasteiger partial charge in [-0.2, -0.15) is 0 Å². The highest BCUT2D eigenvalue weighted by molar-refractivity contribution is 6.33. The van der Waals surface area contributed by atoms with Crippen LogP contribution in [-0.2, 0) is 0 Å². The van der Waals surface area contributed by atoms with Gasteiger partial charge < -0.3 is 10.2 Å². The van der Waals surface area contributed by atoms with Gasteiger partial charge in [-0.1, -0.05) is 0 Å². The van der Waals surface area contributed by atoms with Gasteiger partial charge in [0, 0.05) is 59.3 Å². The number of hydrogen-bond donors (Lipinski definition) is 2. The van der Waals surface area contributed by atoms with Gasteiger partial charge in [-0.15, -0.1) is 0 Å². The molecule has 2 aliphatic heterocycles. The molecular weight excluding hydrogens is 412 g/mol. The van der Waals surface area contributed by atoms with E-state index in [0.29, 0.717) is 71.6 Å². The maximum Gasteiger partial charge on any atom is 0.261 e. The largest absolute Gasteiger partial charge is 0.396 e. The molecule has 0 aliphatic carbocycles. The molecule has 4 amide bonds. The third-order valence-electron chi connectivity index (χ3n) is 6.14. The zero-order valence-corrected chi connectivity index (χ0v) is 17.8. The average Bonchev–Trinajstić information content (AvgIpc) is 2.80. The number of benzene rings is 2. The standard InChI is InChI=1S/C24H26N2O6/c27-13-5-1-3-11-25-21(29)15-7-9-17-20-18(10-8-16(19(15)20)22(25)30)24(32)26(23(17)31)12-4-2-6-14-28/h7-10,27-28H,1-6,11-14H2. The SMILES string of the molecule is O=C1c2ccc3c4c(ccc(c24)C(=O)N1CCCCCO)C(=O)N(CCCCCO)C3=O. The number of hydrogen-bond acceptors (Lipinski definition) is 6. The predicted octanol–water partition coefficient (Wildman–Crippen LogP) is 2.36. The van der Waals surface area contributed by atoms with Crippen molar-refractivity contribution in [1.29, 1.82) is 0 Å². The van der Waals surface area contributed by atoms with Crippen molar-refractivity contribution in [3.63, 3.8) is 0 Å². The molecule has 0 radical (unpaired) electrons. The summed E-state index contributed by atoms with van der Waals surface area (Å²) in [5.74, 6) is -1.72. The van der Waals surface area contributed by atoms with Crippen LogP contribution in [0.5, 0.6) is 0 Å². The highest BCUT2D eigenvalue weighted by Gasteiger charge is 2.39. The molecule has 0 saturated heterocycles. The van der Waals surface area contributed by atoms with Gasteiger partial charge in [0.15, 0.2) is 0 Å². The topological polar surface area (TPSA) is 115 Å². The van der Waals surface area contributed by atoms with E-state index in [1.54, 1.807) is 24.3 Å². The summed E-state index contributed by atoms with van der Waals surface area (Å²) in [6.07, 6.45) is 3.80. The lowest BCUT2D eigenvalue weighted by Crippen LogP contribution is -2.43. The molecule has 0 fully saturated rings. The summed E-state index contributed by atoms with van der Waals surface area (Å²) in [6, 6.07) is 6.27. The Hall–Kier alpha value is -3.10. The van der Waals surface area contributed by atoms with Crippen molar-refractivity contribution < 1.29 is 29.4 Å². The molecule has 2 aromatic carbocycles. The lowest BCUT2D eigenvalue weighted by atomic mass is 9.86. The second kappa shape index (κ2) is 9.18. The third-order valence-corrected chi connectivity index (χ3v) is 6.14. The fourth-order valence-electron chi connectivity index (χ4n) is 4.50. The summed E-state index contributed by atoms with van der Waals surface area (Å²) in [4.78, 5) is 54.8. The quantitative estimate of drug-likeness (QED) is 0.435. The van der Waals surface area contributed by atoms with E-state index in [1.165, 1.54) is 9.80 Å². The third kappa shape index (κ3) is 3.59. The Balaban J connectivity index is 1.70. The van der Waals surface area contributed by atoms with E-state index in [4.69, 9.17) is 10.2 Å². The summed E-state index contributed by atoms with van der Waals surface area (Å²) in [5, 5.41) is 18.6. The van der Waals surface area contributed by atoms with E-state index in [1.807, 2.05) is 0 Å². The van der Waals surface area contributed by atoms with Crippen LogP contribution in [0.1, 0.15) is 80.0 Å². The lowest BCUT2D eigenvalue weighted by molar-refractivity contribution is 0.0585. The van der Waals surface area contributed by atoms with Crippen molar-refractivity contribution in [3.05, 3.63) is 46.5 Å². The fourth-order valence-corrected chi connectivity index (χ4v) is 4.50. The number of amides is 4. The molecule has 168 valence electrons. The van der Waals surface area contributed by atoms with E-state index >= 15 is 0 Å². The maximum absolute atomic E-state index is 13.1. The van der Waals surface area contributed by atoms with Gasteiger partial charge in [-0.05, 0) is 62.8 Å². The number of carbonyl (C=O) groups is 4. The predicted molar refractivity (Wildman–Crippen MR) is 117 cm³/mol. The first-order valence-corrected chi connectivity index (χ1v) is 11.0. The van der Waals surface area contributed by atoms with E-state index < -0.39 is 23.6 Å². The number of rotatable bonds is 10. The Bertz CT molecular complexity index is 952. The van der Waals surface area contributed by atoms with E-state index in [0.717, 1.165) is 0 Å². The molecule has 0 spiro atoms. The Labute approximate surface area is 185 Å². The molecule has 8 nitrogen and oxygen atoms in total. The zero-order valence-electron chi connectivity index (χ0n) is 17.8. The molecule has 2 N–H and O–H groups in total. The van der Waals surface area contributed by atoms with Crippen molar-refractivity contribution in [2.45, 2.75) is 38.5 Å². The van der Waals surface area contributed by atoms with Crippen LogP contribution in [0, 0.1) is 0 Å². The Morgan fingerprint density at radius 1 is 0.500 bits per heavy atom. The normalized spacial score (nSPS) is 15.3. The van der Waals surface area contributed by atoms with Crippen molar-refractivity contribution in [2.75, 3.05) is 26.3 Å². The molecule has 8 heteroatoms. The molecule has 0 unspecified atom stereocenters. The molecule has 2 aliphatic rings. The minimum atomic E-state index is -0.429. The van der Waals surface area contributed by atoms with Gasteiger partial charge >= 0.3 is 0 Å². The summed E-state index contributed by atoms with van der Waals surface area (Å²) in [7, 11) is 0. The molecule has 4 rings (SSSR count). The van der Waals surface area contributed by atoms with Crippen LogP contribution in [0.3, 0.4) is 0 Å².